The van der Waals surface area contributed by atoms with Gasteiger partial charge in [0, 0.05) is 32.2 Å². The van der Waals surface area contributed by atoms with Gasteiger partial charge in [0.2, 0.25) is 0 Å². The van der Waals surface area contributed by atoms with Gasteiger partial charge < -0.3 is 19.1 Å². The predicted octanol–water partition coefficient (Wildman–Crippen LogP) is 1.22. The molecule has 0 saturated heterocycles. The Balaban J connectivity index is 2.97. The van der Waals surface area contributed by atoms with E-state index in [0.717, 1.165) is 11.1 Å². The summed E-state index contributed by atoms with van der Waals surface area (Å²) in [4.78, 5) is 13.9. The van der Waals surface area contributed by atoms with Gasteiger partial charge in [-0.2, -0.15) is 0 Å². The first-order valence-electron chi connectivity index (χ1n) is 7.65. The first-order valence-corrected chi connectivity index (χ1v) is 7.65. The third-order valence-electron chi connectivity index (χ3n) is 3.82. The van der Waals surface area contributed by atoms with Crippen molar-refractivity contribution >= 4 is 21.8 Å². The average molecular weight is 319 g/mol. The van der Waals surface area contributed by atoms with Crippen molar-refractivity contribution in [3.05, 3.63) is 35.4 Å². The van der Waals surface area contributed by atoms with E-state index >= 15 is 0 Å². The fourth-order valence-electron chi connectivity index (χ4n) is 2.17. The summed E-state index contributed by atoms with van der Waals surface area (Å²) < 4.78 is 15.9. The molecule has 126 valence electrons. The summed E-state index contributed by atoms with van der Waals surface area (Å²) in [5.41, 5.74) is 1.41. The molecule has 0 aromatic heterocycles. The highest BCUT2D eigenvalue weighted by Crippen LogP contribution is 2.25. The molecular formula is C16H27B2NO4. The van der Waals surface area contributed by atoms with Gasteiger partial charge in [-0.15, -0.1) is 0 Å². The predicted molar refractivity (Wildman–Crippen MR) is 96.0 cm³/mol. The Labute approximate surface area is 141 Å². The van der Waals surface area contributed by atoms with Gasteiger partial charge >= 0.3 is 6.09 Å². The van der Waals surface area contributed by atoms with E-state index in [-0.39, 0.29) is 6.09 Å². The summed E-state index contributed by atoms with van der Waals surface area (Å²) in [6.07, 6.45) is -0.742. The Hall–Kier alpha value is -1.46. The number of amides is 1. The van der Waals surface area contributed by atoms with Crippen LogP contribution in [0.25, 0.3) is 0 Å². The third-order valence-corrected chi connectivity index (χ3v) is 3.82. The summed E-state index contributed by atoms with van der Waals surface area (Å²) in [5.74, 6) is 0. The van der Waals surface area contributed by atoms with E-state index in [9.17, 15) is 4.79 Å². The molecule has 1 aromatic carbocycles. The van der Waals surface area contributed by atoms with Crippen LogP contribution in [0, 0.1) is 0 Å². The molecule has 0 bridgehead atoms. The van der Waals surface area contributed by atoms with Crippen LogP contribution in [0.3, 0.4) is 0 Å². The van der Waals surface area contributed by atoms with E-state index < -0.39 is 17.2 Å². The maximum atomic E-state index is 12.3. The molecule has 0 saturated carbocycles. The summed E-state index contributed by atoms with van der Waals surface area (Å²) in [7, 11) is 8.91. The second-order valence-electron chi connectivity index (χ2n) is 7.02. The van der Waals surface area contributed by atoms with Crippen LogP contribution < -0.4 is 0 Å². The maximum absolute atomic E-state index is 12.3. The van der Waals surface area contributed by atoms with Crippen LogP contribution in [0.4, 0.5) is 4.79 Å². The normalized spacial score (nSPS) is 12.3. The van der Waals surface area contributed by atoms with Crippen molar-refractivity contribution in [3.63, 3.8) is 0 Å². The van der Waals surface area contributed by atoms with Gasteiger partial charge in [-0.05, 0) is 26.3 Å². The van der Waals surface area contributed by atoms with E-state index in [4.69, 9.17) is 14.2 Å². The molecule has 23 heavy (non-hydrogen) atoms. The molecule has 0 radical (unpaired) electrons. The van der Waals surface area contributed by atoms with Crippen molar-refractivity contribution < 1.29 is 19.0 Å². The lowest BCUT2D eigenvalue weighted by molar-refractivity contribution is -0.106. The van der Waals surface area contributed by atoms with E-state index in [1.807, 2.05) is 60.7 Å². The molecule has 0 aliphatic heterocycles. The van der Waals surface area contributed by atoms with Crippen molar-refractivity contribution in [2.45, 2.75) is 38.0 Å². The van der Waals surface area contributed by atoms with Crippen LogP contribution in [0.2, 0.25) is 0 Å². The Bertz CT molecular complexity index is 522. The number of carbonyl (C=O) groups excluding carboxylic acids is 1. The number of hydrogen-bond donors (Lipinski definition) is 0. The quantitative estimate of drug-likeness (QED) is 0.605. The van der Waals surface area contributed by atoms with Gasteiger partial charge in [0.05, 0.1) is 0 Å². The van der Waals surface area contributed by atoms with Gasteiger partial charge in [0.1, 0.15) is 21.3 Å². The number of rotatable bonds is 5. The first kappa shape index (κ1) is 19.6. The molecule has 0 atom stereocenters. The molecule has 0 aliphatic rings. The smallest absolute Gasteiger partial charge is 0.409 e. The summed E-state index contributed by atoms with van der Waals surface area (Å²) in [5, 5.41) is -0.503. The Kier molecular flexibility index (Phi) is 6.31. The van der Waals surface area contributed by atoms with E-state index in [2.05, 4.69) is 0 Å². The molecule has 0 unspecified atom stereocenters. The zero-order valence-electron chi connectivity index (χ0n) is 15.5. The fourth-order valence-corrected chi connectivity index (χ4v) is 2.17. The number of ether oxygens (including phenoxy) is 3. The molecule has 7 heteroatoms. The van der Waals surface area contributed by atoms with Gasteiger partial charge in [-0.3, -0.25) is 0 Å². The number of hydrogen-bond acceptors (Lipinski definition) is 4. The van der Waals surface area contributed by atoms with Crippen LogP contribution >= 0.6 is 0 Å². The molecule has 1 amide bonds. The Morgan fingerprint density at radius 3 is 1.96 bits per heavy atom. The van der Waals surface area contributed by atoms with Crippen molar-refractivity contribution in [3.8, 4) is 0 Å². The molecule has 0 aliphatic carbocycles. The second kappa shape index (κ2) is 7.41. The topological polar surface area (TPSA) is 48.0 Å². The van der Waals surface area contributed by atoms with E-state index in [1.165, 1.54) is 0 Å². The summed E-state index contributed by atoms with van der Waals surface area (Å²) in [6, 6.07) is 7.83. The van der Waals surface area contributed by atoms with Crippen LogP contribution in [-0.2, 0) is 19.5 Å². The molecule has 0 spiro atoms. The molecule has 0 N–H and O–H groups in total. The number of methoxy groups -OCH3 is 2. The largest absolute Gasteiger partial charge is 0.444 e. The third kappa shape index (κ3) is 5.01. The Morgan fingerprint density at radius 1 is 1.09 bits per heavy atom. The molecule has 0 fully saturated rings. The van der Waals surface area contributed by atoms with E-state index in [1.54, 1.807) is 26.2 Å². The molecular weight excluding hydrogens is 292 g/mol. The fraction of sp³-hybridized carbons (Fsp3) is 0.562. The number of benzene rings is 1. The zero-order chi connectivity index (χ0) is 17.8. The SMILES string of the molecule is BC(B)(c1ccc(C(OC)OC)cc1)N(C)C(=O)OC(C)(C)C. The monoisotopic (exact) mass is 319 g/mol. The van der Waals surface area contributed by atoms with Gasteiger partial charge in [0.25, 0.3) is 0 Å². The standard InChI is InChI=1S/C16H27B2NO4/c1-15(2,3)23-14(20)19(4)16(17,18)12-9-7-11(8-10-12)13(21-5)22-6/h7-10,13H,17-18H2,1-6H3. The molecule has 1 rings (SSSR count). The highest BCUT2D eigenvalue weighted by Gasteiger charge is 2.32. The van der Waals surface area contributed by atoms with Crippen LogP contribution in [0.15, 0.2) is 24.3 Å². The lowest BCUT2D eigenvalue weighted by Gasteiger charge is -2.37. The van der Waals surface area contributed by atoms with Gasteiger partial charge in [0.15, 0.2) is 6.29 Å². The first-order chi connectivity index (χ1) is 10.5. The van der Waals surface area contributed by atoms with Crippen molar-refractivity contribution in [2.75, 3.05) is 21.3 Å². The van der Waals surface area contributed by atoms with Crippen molar-refractivity contribution in [1.82, 2.24) is 4.90 Å². The molecule has 1 aromatic rings. The average Bonchev–Trinajstić information content (AvgIpc) is 2.46. The second-order valence-corrected chi connectivity index (χ2v) is 7.02. The molecule has 5 nitrogen and oxygen atoms in total. The van der Waals surface area contributed by atoms with E-state index in [0.29, 0.717) is 0 Å². The highest BCUT2D eigenvalue weighted by molar-refractivity contribution is 6.40. The summed E-state index contributed by atoms with van der Waals surface area (Å²) >= 11 is 0. The van der Waals surface area contributed by atoms with Crippen LogP contribution in [0.1, 0.15) is 38.2 Å². The lowest BCUT2D eigenvalue weighted by atomic mass is 9.57. The number of nitrogens with zero attached hydrogens (tertiary/aromatic N) is 1. The Morgan fingerprint density at radius 2 is 1.57 bits per heavy atom. The van der Waals surface area contributed by atoms with Crippen LogP contribution in [0.5, 0.6) is 0 Å². The lowest BCUT2D eigenvalue weighted by Crippen LogP contribution is -2.49. The van der Waals surface area contributed by atoms with Gasteiger partial charge in [-0.1, -0.05) is 24.3 Å². The minimum atomic E-state index is -0.518. The van der Waals surface area contributed by atoms with Crippen LogP contribution in [-0.4, -0.2) is 53.6 Å². The molecule has 0 heterocycles. The van der Waals surface area contributed by atoms with Crippen molar-refractivity contribution in [2.24, 2.45) is 0 Å². The minimum Gasteiger partial charge on any atom is -0.444 e. The minimum absolute atomic E-state index is 0.349. The van der Waals surface area contributed by atoms with Gasteiger partial charge in [-0.25, -0.2) is 4.79 Å². The highest BCUT2D eigenvalue weighted by atomic mass is 16.7. The maximum Gasteiger partial charge on any atom is 0.409 e. The van der Waals surface area contributed by atoms with Crippen molar-refractivity contribution in [1.29, 1.82) is 0 Å². The number of carbonyl (C=O) groups is 1. The zero-order valence-corrected chi connectivity index (χ0v) is 15.5. The summed E-state index contributed by atoms with van der Waals surface area (Å²) in [6.45, 7) is 5.57.